The molecule has 49 heavy (non-hydrogen) atoms. The second-order valence-electron chi connectivity index (χ2n) is 10.5. The molecule has 0 spiro atoms. The van der Waals surface area contributed by atoms with Crippen LogP contribution in [0.25, 0.3) is 28.0 Å². The van der Waals surface area contributed by atoms with Crippen LogP contribution in [0.5, 0.6) is 0 Å². The van der Waals surface area contributed by atoms with Gasteiger partial charge in [0.25, 0.3) is 11.5 Å². The number of hydroxylamine groups is 2. The number of pyridine rings is 2. The van der Waals surface area contributed by atoms with Crippen LogP contribution in [-0.4, -0.2) is 72.1 Å². The molecule has 3 aromatic heterocycles. The van der Waals surface area contributed by atoms with Gasteiger partial charge in [0.05, 0.1) is 31.5 Å². The normalized spacial score (nSPS) is 11.5. The number of rotatable bonds is 9. The third-order valence-corrected chi connectivity index (χ3v) is 7.13. The predicted molar refractivity (Wildman–Crippen MR) is 163 cm³/mol. The van der Waals surface area contributed by atoms with Gasteiger partial charge in [0.15, 0.2) is 5.65 Å². The van der Waals surface area contributed by atoms with Crippen molar-refractivity contribution in [2.75, 3.05) is 18.5 Å². The standard InChI is InChI=1S/C32H25F5N6O6/c1-17-7-8-19(29(47)42(49-30(48)32(35,36)37)14-18-4-3-11-38-13-18)12-22(17)26-21-9-10-25(46)43(27-23(33)5-2-6-24(27)34)28(21)41-31(40-26)39-20(15-44)16-45/h2-13,20,44-45H,14-16H2,1H3,(H,39,40,41). The van der Waals surface area contributed by atoms with Crippen molar-refractivity contribution >= 4 is 28.9 Å². The number of fused-ring (bicyclic) bond motifs is 1. The van der Waals surface area contributed by atoms with E-state index in [-0.39, 0.29) is 44.4 Å². The maximum absolute atomic E-state index is 15.0. The second kappa shape index (κ2) is 14.1. The van der Waals surface area contributed by atoms with Crippen molar-refractivity contribution in [2.24, 2.45) is 0 Å². The van der Waals surface area contributed by atoms with E-state index in [1.54, 1.807) is 6.92 Å². The van der Waals surface area contributed by atoms with Crippen LogP contribution in [-0.2, 0) is 16.2 Å². The van der Waals surface area contributed by atoms with Gasteiger partial charge in [-0.1, -0.05) is 18.2 Å². The maximum atomic E-state index is 15.0. The average molecular weight is 685 g/mol. The number of aliphatic hydroxyl groups excluding tert-OH is 2. The third-order valence-electron chi connectivity index (χ3n) is 7.13. The van der Waals surface area contributed by atoms with Crippen molar-refractivity contribution in [3.8, 4) is 16.9 Å². The van der Waals surface area contributed by atoms with Crippen molar-refractivity contribution in [1.82, 2.24) is 24.6 Å². The molecule has 0 fully saturated rings. The van der Waals surface area contributed by atoms with Gasteiger partial charge < -0.3 is 20.4 Å². The first-order valence-electron chi connectivity index (χ1n) is 14.3. The molecule has 12 nitrogen and oxygen atoms in total. The Kier molecular flexibility index (Phi) is 9.95. The van der Waals surface area contributed by atoms with Crippen molar-refractivity contribution in [2.45, 2.75) is 25.7 Å². The lowest BCUT2D eigenvalue weighted by Crippen LogP contribution is -2.38. The van der Waals surface area contributed by atoms with E-state index < -0.39 is 66.7 Å². The molecule has 1 amide bonds. The van der Waals surface area contributed by atoms with E-state index in [1.807, 2.05) is 0 Å². The van der Waals surface area contributed by atoms with Gasteiger partial charge in [0.2, 0.25) is 5.95 Å². The third kappa shape index (κ3) is 7.37. The summed E-state index contributed by atoms with van der Waals surface area (Å²) >= 11 is 0. The Hall–Kier alpha value is -5.81. The van der Waals surface area contributed by atoms with E-state index in [2.05, 4.69) is 25.1 Å². The molecule has 0 saturated carbocycles. The summed E-state index contributed by atoms with van der Waals surface area (Å²) in [5.74, 6) is -6.31. The lowest BCUT2D eigenvalue weighted by molar-refractivity contribution is -0.230. The van der Waals surface area contributed by atoms with Crippen molar-refractivity contribution < 1.29 is 46.6 Å². The van der Waals surface area contributed by atoms with E-state index >= 15 is 8.78 Å². The SMILES string of the molecule is Cc1ccc(C(=O)N(Cc2cccnc2)OC(=O)C(F)(F)F)cc1-c1nc(NC(CO)CO)nc2c1ccc(=O)n2-c1c(F)cccc1F. The molecule has 0 aliphatic carbocycles. The summed E-state index contributed by atoms with van der Waals surface area (Å²) < 4.78 is 70.2. The predicted octanol–water partition coefficient (Wildman–Crippen LogP) is 3.86. The topological polar surface area (TPSA) is 160 Å². The number of nitrogens with one attached hydrogen (secondary N) is 1. The number of carbonyl (C=O) groups excluding carboxylic acids is 2. The molecule has 0 unspecified atom stereocenters. The van der Waals surface area contributed by atoms with Gasteiger partial charge in [0.1, 0.15) is 17.3 Å². The van der Waals surface area contributed by atoms with E-state index in [0.29, 0.717) is 10.1 Å². The molecule has 0 atom stereocenters. The molecule has 0 radical (unpaired) electrons. The monoisotopic (exact) mass is 684 g/mol. The average Bonchev–Trinajstić information content (AvgIpc) is 3.07. The van der Waals surface area contributed by atoms with Crippen LogP contribution in [0.15, 0.2) is 77.9 Å². The fourth-order valence-electron chi connectivity index (χ4n) is 4.74. The molecule has 0 saturated heterocycles. The largest absolute Gasteiger partial charge is 0.493 e. The first kappa shape index (κ1) is 34.5. The summed E-state index contributed by atoms with van der Waals surface area (Å²) in [5.41, 5.74) is -1.43. The minimum Gasteiger partial charge on any atom is -0.394 e. The van der Waals surface area contributed by atoms with Gasteiger partial charge in [-0.3, -0.25) is 19.1 Å². The van der Waals surface area contributed by atoms with Gasteiger partial charge in [-0.05, 0) is 54.4 Å². The van der Waals surface area contributed by atoms with E-state index in [0.717, 1.165) is 24.3 Å². The number of carbonyl (C=O) groups is 2. The highest BCUT2D eigenvalue weighted by Crippen LogP contribution is 2.32. The van der Waals surface area contributed by atoms with Crippen LogP contribution < -0.4 is 10.9 Å². The Morgan fingerprint density at radius 3 is 2.35 bits per heavy atom. The number of halogens is 5. The first-order valence-corrected chi connectivity index (χ1v) is 14.3. The number of alkyl halides is 3. The summed E-state index contributed by atoms with van der Waals surface area (Å²) in [6.07, 6.45) is -2.78. The number of amides is 1. The molecule has 3 N–H and O–H groups in total. The zero-order valence-electron chi connectivity index (χ0n) is 25.3. The summed E-state index contributed by atoms with van der Waals surface area (Å²) in [7, 11) is 0. The maximum Gasteiger partial charge on any atom is 0.493 e. The Morgan fingerprint density at radius 1 is 1.00 bits per heavy atom. The molecule has 3 heterocycles. The van der Waals surface area contributed by atoms with Gasteiger partial charge >= 0.3 is 12.1 Å². The molecule has 5 rings (SSSR count). The highest BCUT2D eigenvalue weighted by Gasteiger charge is 2.43. The summed E-state index contributed by atoms with van der Waals surface area (Å²) in [4.78, 5) is 55.6. The first-order chi connectivity index (χ1) is 23.3. The summed E-state index contributed by atoms with van der Waals surface area (Å²) in [6.45, 7) is -0.197. The van der Waals surface area contributed by atoms with Crippen molar-refractivity contribution in [1.29, 1.82) is 0 Å². The second-order valence-corrected chi connectivity index (χ2v) is 10.5. The minimum atomic E-state index is -5.43. The van der Waals surface area contributed by atoms with Crippen molar-refractivity contribution in [3.05, 3.63) is 112 Å². The number of hydrogen-bond donors (Lipinski definition) is 3. The lowest BCUT2D eigenvalue weighted by atomic mass is 9.99. The Bertz CT molecular complexity index is 2070. The number of para-hydroxylation sites is 1. The number of aromatic nitrogens is 4. The van der Waals surface area contributed by atoms with Crippen LogP contribution in [0.4, 0.5) is 27.9 Å². The van der Waals surface area contributed by atoms with E-state index in [9.17, 15) is 37.8 Å². The van der Waals surface area contributed by atoms with Crippen LogP contribution in [0.3, 0.4) is 0 Å². The number of benzene rings is 2. The molecular weight excluding hydrogens is 659 g/mol. The smallest absolute Gasteiger partial charge is 0.394 e. The van der Waals surface area contributed by atoms with Crippen molar-refractivity contribution in [3.63, 3.8) is 0 Å². The van der Waals surface area contributed by atoms with Crippen LogP contribution in [0.2, 0.25) is 0 Å². The highest BCUT2D eigenvalue weighted by atomic mass is 19.4. The van der Waals surface area contributed by atoms with E-state index in [4.69, 9.17) is 0 Å². The number of aryl methyl sites for hydroxylation is 1. The van der Waals surface area contributed by atoms with Crippen LogP contribution >= 0.6 is 0 Å². The molecule has 0 bridgehead atoms. The highest BCUT2D eigenvalue weighted by molar-refractivity contribution is 5.98. The molecule has 2 aromatic carbocycles. The zero-order chi connectivity index (χ0) is 35.5. The number of anilines is 1. The zero-order valence-corrected chi connectivity index (χ0v) is 25.3. The lowest BCUT2D eigenvalue weighted by Gasteiger charge is -2.22. The Morgan fingerprint density at radius 2 is 1.71 bits per heavy atom. The molecular formula is C32H25F5N6O6. The quantitative estimate of drug-likeness (QED) is 0.154. The molecule has 5 aromatic rings. The fraction of sp³-hybridized carbons (Fsp3) is 0.188. The van der Waals surface area contributed by atoms with Gasteiger partial charge in [-0.25, -0.2) is 18.6 Å². The Labute approximate surface area is 273 Å². The number of hydrogen-bond acceptors (Lipinski definition) is 10. The van der Waals surface area contributed by atoms with Crippen LogP contribution in [0.1, 0.15) is 21.5 Å². The van der Waals surface area contributed by atoms with E-state index in [1.165, 1.54) is 48.8 Å². The van der Waals surface area contributed by atoms with Crippen LogP contribution in [0, 0.1) is 18.6 Å². The minimum absolute atomic E-state index is 0.0223. The summed E-state index contributed by atoms with van der Waals surface area (Å²) in [6, 6.07) is 11.1. The summed E-state index contributed by atoms with van der Waals surface area (Å²) in [5, 5.41) is 22.3. The number of nitrogens with zero attached hydrogens (tertiary/aromatic N) is 5. The molecule has 0 aliphatic heterocycles. The van der Waals surface area contributed by atoms with Gasteiger partial charge in [0, 0.05) is 35.0 Å². The molecule has 0 aliphatic rings. The van der Waals surface area contributed by atoms with Gasteiger partial charge in [-0.2, -0.15) is 23.2 Å². The Balaban J connectivity index is 1.71. The fourth-order valence-corrected chi connectivity index (χ4v) is 4.74. The molecule has 17 heteroatoms. The number of aliphatic hydroxyl groups is 2. The van der Waals surface area contributed by atoms with Gasteiger partial charge in [-0.15, -0.1) is 0 Å². The molecule has 254 valence electrons.